The van der Waals surface area contributed by atoms with E-state index in [0.29, 0.717) is 0 Å². The SMILES string of the molecule is CCN(C)Cc1ccc2ccccc2n1. The molecule has 0 saturated carbocycles. The van der Waals surface area contributed by atoms with Gasteiger partial charge in [0.25, 0.3) is 0 Å². The Morgan fingerprint density at radius 3 is 2.73 bits per heavy atom. The van der Waals surface area contributed by atoms with Gasteiger partial charge in [0, 0.05) is 11.9 Å². The second-order valence-corrected chi connectivity index (χ2v) is 3.83. The second kappa shape index (κ2) is 4.41. The van der Waals surface area contributed by atoms with Crippen LogP contribution in [0.2, 0.25) is 0 Å². The summed E-state index contributed by atoms with van der Waals surface area (Å²) in [6, 6.07) is 12.5. The monoisotopic (exact) mass is 200 g/mol. The maximum Gasteiger partial charge on any atom is 0.0705 e. The summed E-state index contributed by atoms with van der Waals surface area (Å²) in [5.41, 5.74) is 2.22. The topological polar surface area (TPSA) is 16.1 Å². The molecule has 0 bridgehead atoms. The molecule has 0 unspecified atom stereocenters. The maximum absolute atomic E-state index is 4.62. The van der Waals surface area contributed by atoms with Crippen LogP contribution < -0.4 is 0 Å². The molecule has 15 heavy (non-hydrogen) atoms. The molecular weight excluding hydrogens is 184 g/mol. The first-order chi connectivity index (χ1) is 7.29. The van der Waals surface area contributed by atoms with Gasteiger partial charge in [-0.1, -0.05) is 31.2 Å². The van der Waals surface area contributed by atoms with Crippen LogP contribution in [0.4, 0.5) is 0 Å². The molecule has 0 atom stereocenters. The van der Waals surface area contributed by atoms with E-state index in [4.69, 9.17) is 0 Å². The van der Waals surface area contributed by atoms with Crippen LogP contribution in [-0.4, -0.2) is 23.5 Å². The molecule has 2 rings (SSSR count). The van der Waals surface area contributed by atoms with E-state index in [9.17, 15) is 0 Å². The fraction of sp³-hybridized carbons (Fsp3) is 0.308. The lowest BCUT2D eigenvalue weighted by Gasteiger charge is -2.13. The highest BCUT2D eigenvalue weighted by Crippen LogP contribution is 2.12. The number of pyridine rings is 1. The minimum absolute atomic E-state index is 0.918. The Balaban J connectivity index is 2.30. The summed E-state index contributed by atoms with van der Waals surface area (Å²) < 4.78 is 0. The summed E-state index contributed by atoms with van der Waals surface area (Å²) >= 11 is 0. The van der Waals surface area contributed by atoms with Gasteiger partial charge in [0.05, 0.1) is 11.2 Å². The van der Waals surface area contributed by atoms with Crippen LogP contribution in [0, 0.1) is 0 Å². The van der Waals surface area contributed by atoms with Crippen molar-refractivity contribution in [3.8, 4) is 0 Å². The van der Waals surface area contributed by atoms with Crippen molar-refractivity contribution in [1.29, 1.82) is 0 Å². The van der Waals surface area contributed by atoms with Gasteiger partial charge in [-0.3, -0.25) is 4.98 Å². The van der Waals surface area contributed by atoms with Gasteiger partial charge in [0.2, 0.25) is 0 Å². The van der Waals surface area contributed by atoms with Crippen molar-refractivity contribution >= 4 is 10.9 Å². The fourth-order valence-electron chi connectivity index (χ4n) is 1.58. The van der Waals surface area contributed by atoms with Crippen LogP contribution in [0.15, 0.2) is 36.4 Å². The minimum atomic E-state index is 0.918. The van der Waals surface area contributed by atoms with Gasteiger partial charge in [-0.05, 0) is 25.7 Å². The van der Waals surface area contributed by atoms with Gasteiger partial charge in [-0.25, -0.2) is 0 Å². The lowest BCUT2D eigenvalue weighted by Crippen LogP contribution is -2.17. The molecular formula is C13H16N2. The van der Waals surface area contributed by atoms with E-state index in [2.05, 4.69) is 48.1 Å². The predicted molar refractivity (Wildman–Crippen MR) is 63.8 cm³/mol. The molecule has 0 saturated heterocycles. The Kier molecular flexibility index (Phi) is 2.97. The second-order valence-electron chi connectivity index (χ2n) is 3.83. The largest absolute Gasteiger partial charge is 0.301 e. The first-order valence-electron chi connectivity index (χ1n) is 5.33. The number of para-hydroxylation sites is 1. The lowest BCUT2D eigenvalue weighted by molar-refractivity contribution is 0.342. The third-order valence-electron chi connectivity index (χ3n) is 2.63. The van der Waals surface area contributed by atoms with Crippen molar-refractivity contribution in [3.63, 3.8) is 0 Å². The molecule has 2 heteroatoms. The zero-order chi connectivity index (χ0) is 10.7. The first-order valence-corrected chi connectivity index (χ1v) is 5.33. The van der Waals surface area contributed by atoms with E-state index in [1.54, 1.807) is 0 Å². The normalized spacial score (nSPS) is 11.1. The van der Waals surface area contributed by atoms with Gasteiger partial charge < -0.3 is 4.90 Å². The number of aromatic nitrogens is 1. The number of hydrogen-bond acceptors (Lipinski definition) is 2. The van der Waals surface area contributed by atoms with Gasteiger partial charge in [0.15, 0.2) is 0 Å². The van der Waals surface area contributed by atoms with E-state index >= 15 is 0 Å². The highest BCUT2D eigenvalue weighted by atomic mass is 15.1. The standard InChI is InChI=1S/C13H16N2/c1-3-15(2)10-12-9-8-11-6-4-5-7-13(11)14-12/h4-9H,3,10H2,1-2H3. The summed E-state index contributed by atoms with van der Waals surface area (Å²) in [6.45, 7) is 4.12. The molecule has 1 heterocycles. The molecule has 0 amide bonds. The van der Waals surface area contributed by atoms with E-state index in [-0.39, 0.29) is 0 Å². The van der Waals surface area contributed by atoms with Gasteiger partial charge in [-0.15, -0.1) is 0 Å². The summed E-state index contributed by atoms with van der Waals surface area (Å²) in [7, 11) is 2.11. The van der Waals surface area contributed by atoms with Crippen molar-refractivity contribution in [2.24, 2.45) is 0 Å². The van der Waals surface area contributed by atoms with Crippen LogP contribution in [0.5, 0.6) is 0 Å². The number of hydrogen-bond donors (Lipinski definition) is 0. The van der Waals surface area contributed by atoms with Crippen LogP contribution >= 0.6 is 0 Å². The highest BCUT2D eigenvalue weighted by molar-refractivity contribution is 5.78. The van der Waals surface area contributed by atoms with Crippen molar-refractivity contribution < 1.29 is 0 Å². The summed E-state index contributed by atoms with van der Waals surface area (Å²) in [6.07, 6.45) is 0. The predicted octanol–water partition coefficient (Wildman–Crippen LogP) is 2.69. The van der Waals surface area contributed by atoms with E-state index in [0.717, 1.165) is 24.3 Å². The third-order valence-corrected chi connectivity index (χ3v) is 2.63. The Bertz CT molecular complexity index is 451. The molecule has 0 aliphatic heterocycles. The van der Waals surface area contributed by atoms with Crippen LogP contribution in [0.3, 0.4) is 0 Å². The van der Waals surface area contributed by atoms with Crippen molar-refractivity contribution in [1.82, 2.24) is 9.88 Å². The van der Waals surface area contributed by atoms with E-state index in [1.165, 1.54) is 5.39 Å². The van der Waals surface area contributed by atoms with Crippen LogP contribution in [0.1, 0.15) is 12.6 Å². The molecule has 0 N–H and O–H groups in total. The van der Waals surface area contributed by atoms with Crippen molar-refractivity contribution in [2.75, 3.05) is 13.6 Å². The average molecular weight is 200 g/mol. The Morgan fingerprint density at radius 1 is 1.13 bits per heavy atom. The molecule has 0 aliphatic rings. The summed E-state index contributed by atoms with van der Waals surface area (Å²) in [5.74, 6) is 0. The zero-order valence-corrected chi connectivity index (χ0v) is 9.27. The first kappa shape index (κ1) is 10.1. The summed E-state index contributed by atoms with van der Waals surface area (Å²) in [5, 5.41) is 1.21. The van der Waals surface area contributed by atoms with E-state index in [1.807, 2.05) is 12.1 Å². The molecule has 1 aromatic carbocycles. The molecule has 0 fully saturated rings. The molecule has 78 valence electrons. The average Bonchev–Trinajstić information content (AvgIpc) is 2.29. The fourth-order valence-corrected chi connectivity index (χ4v) is 1.58. The van der Waals surface area contributed by atoms with Crippen LogP contribution in [-0.2, 0) is 6.54 Å². The van der Waals surface area contributed by atoms with Crippen LogP contribution in [0.25, 0.3) is 10.9 Å². The lowest BCUT2D eigenvalue weighted by atomic mass is 10.2. The van der Waals surface area contributed by atoms with Crippen molar-refractivity contribution in [3.05, 3.63) is 42.1 Å². The van der Waals surface area contributed by atoms with Gasteiger partial charge in [-0.2, -0.15) is 0 Å². The minimum Gasteiger partial charge on any atom is -0.301 e. The molecule has 2 aromatic rings. The smallest absolute Gasteiger partial charge is 0.0705 e. The Labute approximate surface area is 90.6 Å². The Hall–Kier alpha value is -1.41. The third kappa shape index (κ3) is 2.34. The quantitative estimate of drug-likeness (QED) is 0.757. The molecule has 0 aliphatic carbocycles. The number of nitrogens with zero attached hydrogens (tertiary/aromatic N) is 2. The van der Waals surface area contributed by atoms with E-state index < -0.39 is 0 Å². The molecule has 1 aromatic heterocycles. The molecule has 2 nitrogen and oxygen atoms in total. The number of fused-ring (bicyclic) bond motifs is 1. The van der Waals surface area contributed by atoms with Gasteiger partial charge >= 0.3 is 0 Å². The molecule has 0 spiro atoms. The van der Waals surface area contributed by atoms with Crippen molar-refractivity contribution in [2.45, 2.75) is 13.5 Å². The highest BCUT2D eigenvalue weighted by Gasteiger charge is 2.00. The Morgan fingerprint density at radius 2 is 1.93 bits per heavy atom. The zero-order valence-electron chi connectivity index (χ0n) is 9.27. The maximum atomic E-state index is 4.62. The number of benzene rings is 1. The number of rotatable bonds is 3. The van der Waals surface area contributed by atoms with Gasteiger partial charge in [0.1, 0.15) is 0 Å². The molecule has 0 radical (unpaired) electrons. The summed E-state index contributed by atoms with van der Waals surface area (Å²) in [4.78, 5) is 6.87.